The van der Waals surface area contributed by atoms with Gasteiger partial charge in [0.1, 0.15) is 0 Å². The first kappa shape index (κ1) is 12.4. The second kappa shape index (κ2) is 6.02. The summed E-state index contributed by atoms with van der Waals surface area (Å²) in [6.45, 7) is 5.72. The molecule has 92 valence electrons. The first-order valence-corrected chi connectivity index (χ1v) is 6.72. The van der Waals surface area contributed by atoms with E-state index in [0.717, 1.165) is 18.4 Å². The molecule has 1 aromatic rings. The summed E-state index contributed by atoms with van der Waals surface area (Å²) in [4.78, 5) is 0. The molecule has 1 fully saturated rings. The lowest BCUT2D eigenvalue weighted by Gasteiger charge is -2.18. The van der Waals surface area contributed by atoms with Crippen LogP contribution in [0.2, 0.25) is 0 Å². The lowest BCUT2D eigenvalue weighted by atomic mass is 9.98. The molecule has 0 bridgehead atoms. The molecule has 1 N–H and O–H groups in total. The molecule has 1 aliphatic rings. The molecule has 17 heavy (non-hydrogen) atoms. The standard InChI is InChI=1S/C16H23N/c1-13-10-11-16(14(13)2)17-12-6-9-15-7-4-3-5-8-15/h3-9,13-14,16-17H,10-12H2,1-2H3. The van der Waals surface area contributed by atoms with E-state index in [-0.39, 0.29) is 0 Å². The van der Waals surface area contributed by atoms with Gasteiger partial charge in [0.25, 0.3) is 0 Å². The van der Waals surface area contributed by atoms with Crippen molar-refractivity contribution in [2.24, 2.45) is 11.8 Å². The quantitative estimate of drug-likeness (QED) is 0.829. The van der Waals surface area contributed by atoms with Crippen LogP contribution in [-0.2, 0) is 0 Å². The Kier molecular flexibility index (Phi) is 4.38. The number of hydrogen-bond donors (Lipinski definition) is 1. The van der Waals surface area contributed by atoms with Crippen molar-refractivity contribution < 1.29 is 0 Å². The van der Waals surface area contributed by atoms with Crippen LogP contribution >= 0.6 is 0 Å². The second-order valence-electron chi connectivity index (χ2n) is 5.24. The van der Waals surface area contributed by atoms with Crippen molar-refractivity contribution in [1.82, 2.24) is 5.32 Å². The van der Waals surface area contributed by atoms with E-state index in [1.165, 1.54) is 18.4 Å². The van der Waals surface area contributed by atoms with E-state index in [9.17, 15) is 0 Å². The summed E-state index contributed by atoms with van der Waals surface area (Å²) in [5.74, 6) is 1.70. The maximum Gasteiger partial charge on any atom is 0.0140 e. The van der Waals surface area contributed by atoms with Crippen molar-refractivity contribution in [2.45, 2.75) is 32.7 Å². The predicted octanol–water partition coefficient (Wildman–Crippen LogP) is 3.72. The fraction of sp³-hybridized carbons (Fsp3) is 0.500. The predicted molar refractivity (Wildman–Crippen MR) is 74.8 cm³/mol. The highest BCUT2D eigenvalue weighted by Gasteiger charge is 2.28. The van der Waals surface area contributed by atoms with E-state index in [0.29, 0.717) is 6.04 Å². The molecule has 1 aliphatic carbocycles. The van der Waals surface area contributed by atoms with E-state index in [1.54, 1.807) is 0 Å². The van der Waals surface area contributed by atoms with Gasteiger partial charge >= 0.3 is 0 Å². The number of rotatable bonds is 4. The summed E-state index contributed by atoms with van der Waals surface area (Å²) in [5.41, 5.74) is 1.28. The van der Waals surface area contributed by atoms with Gasteiger partial charge in [0.05, 0.1) is 0 Å². The van der Waals surface area contributed by atoms with Crippen LogP contribution in [0.25, 0.3) is 6.08 Å². The van der Waals surface area contributed by atoms with Crippen LogP contribution in [0.15, 0.2) is 36.4 Å². The normalized spacial score (nSPS) is 28.9. The molecular formula is C16H23N. The Labute approximate surface area is 105 Å². The minimum atomic E-state index is 0.713. The minimum absolute atomic E-state index is 0.713. The van der Waals surface area contributed by atoms with Gasteiger partial charge in [-0.25, -0.2) is 0 Å². The van der Waals surface area contributed by atoms with Gasteiger partial charge < -0.3 is 5.32 Å². The zero-order valence-electron chi connectivity index (χ0n) is 10.9. The first-order valence-electron chi connectivity index (χ1n) is 6.72. The molecule has 1 aromatic carbocycles. The van der Waals surface area contributed by atoms with Crippen LogP contribution in [0.4, 0.5) is 0 Å². The minimum Gasteiger partial charge on any atom is -0.310 e. The monoisotopic (exact) mass is 229 g/mol. The third kappa shape index (κ3) is 3.44. The van der Waals surface area contributed by atoms with Gasteiger partial charge in [-0.1, -0.05) is 56.3 Å². The summed E-state index contributed by atoms with van der Waals surface area (Å²) < 4.78 is 0. The Morgan fingerprint density at radius 1 is 1.18 bits per heavy atom. The Balaban J connectivity index is 1.75. The Morgan fingerprint density at radius 2 is 1.94 bits per heavy atom. The average molecular weight is 229 g/mol. The van der Waals surface area contributed by atoms with Crippen molar-refractivity contribution in [1.29, 1.82) is 0 Å². The highest BCUT2D eigenvalue weighted by molar-refractivity contribution is 5.48. The number of hydrogen-bond acceptors (Lipinski definition) is 1. The fourth-order valence-electron chi connectivity index (χ4n) is 2.63. The van der Waals surface area contributed by atoms with Crippen LogP contribution in [0.5, 0.6) is 0 Å². The van der Waals surface area contributed by atoms with Gasteiger partial charge in [0.15, 0.2) is 0 Å². The summed E-state index contributed by atoms with van der Waals surface area (Å²) in [6, 6.07) is 11.2. The largest absolute Gasteiger partial charge is 0.310 e. The van der Waals surface area contributed by atoms with Crippen LogP contribution in [0, 0.1) is 11.8 Å². The summed E-state index contributed by atoms with van der Waals surface area (Å²) in [6.07, 6.45) is 7.13. The van der Waals surface area contributed by atoms with E-state index >= 15 is 0 Å². The van der Waals surface area contributed by atoms with Crippen LogP contribution in [-0.4, -0.2) is 12.6 Å². The van der Waals surface area contributed by atoms with Gasteiger partial charge in [-0.2, -0.15) is 0 Å². The molecule has 3 atom stereocenters. The summed E-state index contributed by atoms with van der Waals surface area (Å²) in [7, 11) is 0. The Morgan fingerprint density at radius 3 is 2.59 bits per heavy atom. The van der Waals surface area contributed by atoms with Crippen molar-refractivity contribution in [3.8, 4) is 0 Å². The van der Waals surface area contributed by atoms with Gasteiger partial charge in [0, 0.05) is 12.6 Å². The van der Waals surface area contributed by atoms with E-state index in [2.05, 4.69) is 61.6 Å². The molecule has 1 heteroatoms. The van der Waals surface area contributed by atoms with Gasteiger partial charge in [-0.15, -0.1) is 0 Å². The molecule has 0 heterocycles. The topological polar surface area (TPSA) is 12.0 Å². The maximum absolute atomic E-state index is 3.65. The molecule has 0 saturated heterocycles. The highest BCUT2D eigenvalue weighted by atomic mass is 14.9. The third-order valence-electron chi connectivity index (χ3n) is 4.07. The van der Waals surface area contributed by atoms with Crippen molar-refractivity contribution in [3.05, 3.63) is 42.0 Å². The van der Waals surface area contributed by atoms with Crippen molar-refractivity contribution in [3.63, 3.8) is 0 Å². The molecule has 2 rings (SSSR count). The molecule has 1 saturated carbocycles. The smallest absolute Gasteiger partial charge is 0.0140 e. The SMILES string of the molecule is CC1CCC(NCC=Cc2ccccc2)C1C. The fourth-order valence-corrected chi connectivity index (χ4v) is 2.63. The lowest BCUT2D eigenvalue weighted by molar-refractivity contribution is 0.380. The molecule has 0 aliphatic heterocycles. The molecular weight excluding hydrogens is 206 g/mol. The van der Waals surface area contributed by atoms with E-state index in [1.807, 2.05) is 0 Å². The lowest BCUT2D eigenvalue weighted by Crippen LogP contribution is -2.32. The average Bonchev–Trinajstić information content (AvgIpc) is 2.67. The molecule has 0 amide bonds. The first-order chi connectivity index (χ1) is 8.27. The van der Waals surface area contributed by atoms with Crippen LogP contribution in [0.3, 0.4) is 0 Å². The summed E-state index contributed by atoms with van der Waals surface area (Å²) >= 11 is 0. The van der Waals surface area contributed by atoms with Crippen LogP contribution < -0.4 is 5.32 Å². The highest BCUT2D eigenvalue weighted by Crippen LogP contribution is 2.30. The van der Waals surface area contributed by atoms with Crippen molar-refractivity contribution >= 4 is 6.08 Å². The molecule has 0 spiro atoms. The van der Waals surface area contributed by atoms with Crippen molar-refractivity contribution in [2.75, 3.05) is 6.54 Å². The Hall–Kier alpha value is -1.08. The Bertz CT molecular complexity index is 355. The summed E-state index contributed by atoms with van der Waals surface area (Å²) in [5, 5.41) is 3.65. The molecule has 3 unspecified atom stereocenters. The van der Waals surface area contributed by atoms with Gasteiger partial charge in [0.2, 0.25) is 0 Å². The molecule has 0 radical (unpaired) electrons. The third-order valence-corrected chi connectivity index (χ3v) is 4.07. The zero-order chi connectivity index (χ0) is 12.1. The zero-order valence-corrected chi connectivity index (χ0v) is 10.9. The second-order valence-corrected chi connectivity index (χ2v) is 5.24. The van der Waals surface area contributed by atoms with E-state index in [4.69, 9.17) is 0 Å². The van der Waals surface area contributed by atoms with Gasteiger partial charge in [-0.05, 0) is 30.2 Å². The maximum atomic E-state index is 3.65. The van der Waals surface area contributed by atoms with Crippen LogP contribution in [0.1, 0.15) is 32.3 Å². The van der Waals surface area contributed by atoms with E-state index < -0.39 is 0 Å². The molecule has 0 aromatic heterocycles. The number of benzene rings is 1. The van der Waals surface area contributed by atoms with Gasteiger partial charge in [-0.3, -0.25) is 0 Å². The number of nitrogens with one attached hydrogen (secondary N) is 1. The molecule has 1 nitrogen and oxygen atoms in total.